The number of carbonyl (C=O) groups is 1. The number of aromatic amines is 1. The van der Waals surface area contributed by atoms with Gasteiger partial charge >= 0.3 is 0 Å². The molecular formula is C9H7IN2O2. The van der Waals surface area contributed by atoms with Crippen molar-refractivity contribution in [2.75, 3.05) is 7.11 Å². The lowest BCUT2D eigenvalue weighted by Gasteiger charge is -2.00. The van der Waals surface area contributed by atoms with Crippen LogP contribution in [0.3, 0.4) is 0 Å². The van der Waals surface area contributed by atoms with Crippen LogP contribution in [0.4, 0.5) is 0 Å². The van der Waals surface area contributed by atoms with Crippen LogP contribution in [0.1, 0.15) is 10.4 Å². The molecule has 2 aromatic heterocycles. The zero-order chi connectivity index (χ0) is 10.1. The van der Waals surface area contributed by atoms with Gasteiger partial charge in [-0.2, -0.15) is 4.98 Å². The number of halogens is 1. The predicted octanol–water partition coefficient (Wildman–Crippen LogP) is 1.99. The molecule has 72 valence electrons. The zero-order valence-corrected chi connectivity index (χ0v) is 9.53. The number of fused-ring (bicyclic) bond motifs is 1. The first kappa shape index (κ1) is 9.45. The Morgan fingerprint density at radius 2 is 2.43 bits per heavy atom. The Bertz CT molecular complexity index is 493. The lowest BCUT2D eigenvalue weighted by molar-refractivity contribution is 0.112. The van der Waals surface area contributed by atoms with Crippen molar-refractivity contribution in [1.29, 1.82) is 0 Å². The van der Waals surface area contributed by atoms with Crippen molar-refractivity contribution in [3.63, 3.8) is 0 Å². The molecule has 2 rings (SSSR count). The van der Waals surface area contributed by atoms with E-state index in [1.54, 1.807) is 6.07 Å². The molecule has 0 saturated carbocycles. The first-order valence-electron chi connectivity index (χ1n) is 3.93. The Hall–Kier alpha value is -1.11. The smallest absolute Gasteiger partial charge is 0.215 e. The Balaban J connectivity index is 2.82. The fourth-order valence-corrected chi connectivity index (χ4v) is 2.02. The molecule has 2 aromatic rings. The lowest BCUT2D eigenvalue weighted by atomic mass is 10.2. The molecule has 0 aromatic carbocycles. The first-order chi connectivity index (χ1) is 6.76. The molecule has 0 radical (unpaired) electrons. The number of aromatic nitrogens is 2. The number of carbonyl (C=O) groups excluding carboxylic acids is 1. The number of nitrogens with zero attached hydrogens (tertiary/aromatic N) is 1. The predicted molar refractivity (Wildman–Crippen MR) is 60.8 cm³/mol. The summed E-state index contributed by atoms with van der Waals surface area (Å²) < 4.78 is 5.96. The second kappa shape index (κ2) is 3.56. The van der Waals surface area contributed by atoms with Crippen LogP contribution in [0.2, 0.25) is 0 Å². The maximum atomic E-state index is 10.8. The summed E-state index contributed by atoms with van der Waals surface area (Å²) in [5.41, 5.74) is 1.27. The molecule has 0 aliphatic carbocycles. The van der Waals surface area contributed by atoms with Gasteiger partial charge in [-0.15, -0.1) is 0 Å². The van der Waals surface area contributed by atoms with Crippen molar-refractivity contribution in [2.24, 2.45) is 0 Å². The quantitative estimate of drug-likeness (QED) is 0.682. The standard InChI is InChI=1S/C9H7IN2O2/c1-14-7-2-5(4-13)8-6(10)3-11-9(8)12-7/h2-4H,1H3,(H,11,12). The minimum absolute atomic E-state index is 0.442. The summed E-state index contributed by atoms with van der Waals surface area (Å²) in [5, 5.41) is 0.849. The van der Waals surface area contributed by atoms with Crippen molar-refractivity contribution >= 4 is 39.9 Å². The van der Waals surface area contributed by atoms with Crippen LogP contribution in [-0.4, -0.2) is 23.4 Å². The van der Waals surface area contributed by atoms with Crippen LogP contribution < -0.4 is 4.74 Å². The molecule has 0 aliphatic heterocycles. The molecule has 0 bridgehead atoms. The SMILES string of the molecule is COc1cc(C=O)c2c(I)c[nH]c2n1. The van der Waals surface area contributed by atoms with Gasteiger partial charge in [0.2, 0.25) is 5.88 Å². The summed E-state index contributed by atoms with van der Waals surface area (Å²) in [4.78, 5) is 18.0. The van der Waals surface area contributed by atoms with E-state index in [2.05, 4.69) is 32.6 Å². The minimum Gasteiger partial charge on any atom is -0.481 e. The highest BCUT2D eigenvalue weighted by atomic mass is 127. The number of aldehydes is 1. The summed E-state index contributed by atoms with van der Waals surface area (Å²) in [6.07, 6.45) is 2.62. The fraction of sp³-hybridized carbons (Fsp3) is 0.111. The van der Waals surface area contributed by atoms with E-state index in [9.17, 15) is 4.79 Å². The zero-order valence-electron chi connectivity index (χ0n) is 7.37. The van der Waals surface area contributed by atoms with Gasteiger partial charge < -0.3 is 9.72 Å². The minimum atomic E-state index is 0.442. The third-order valence-electron chi connectivity index (χ3n) is 1.94. The van der Waals surface area contributed by atoms with Gasteiger partial charge in [0.1, 0.15) is 5.65 Å². The van der Waals surface area contributed by atoms with Crippen molar-refractivity contribution < 1.29 is 9.53 Å². The highest BCUT2D eigenvalue weighted by Gasteiger charge is 2.09. The van der Waals surface area contributed by atoms with E-state index in [1.165, 1.54) is 7.11 Å². The Labute approximate surface area is 93.8 Å². The molecule has 2 heterocycles. The molecule has 0 saturated heterocycles. The number of pyridine rings is 1. The van der Waals surface area contributed by atoms with E-state index in [-0.39, 0.29) is 0 Å². The van der Waals surface area contributed by atoms with Crippen molar-refractivity contribution in [2.45, 2.75) is 0 Å². The maximum absolute atomic E-state index is 10.8. The molecule has 4 nitrogen and oxygen atoms in total. The Morgan fingerprint density at radius 3 is 3.07 bits per heavy atom. The van der Waals surface area contributed by atoms with Gasteiger partial charge in [-0.05, 0) is 22.6 Å². The van der Waals surface area contributed by atoms with Crippen molar-refractivity contribution in [1.82, 2.24) is 9.97 Å². The molecule has 0 amide bonds. The third kappa shape index (κ3) is 1.37. The van der Waals surface area contributed by atoms with Crippen LogP contribution in [0, 0.1) is 3.57 Å². The van der Waals surface area contributed by atoms with E-state index >= 15 is 0 Å². The molecule has 0 fully saturated rings. The van der Waals surface area contributed by atoms with Gasteiger partial charge in [0.05, 0.1) is 7.11 Å². The van der Waals surface area contributed by atoms with Crippen molar-refractivity contribution in [3.8, 4) is 5.88 Å². The number of methoxy groups -OCH3 is 1. The first-order valence-corrected chi connectivity index (χ1v) is 5.01. The number of rotatable bonds is 2. The average Bonchev–Trinajstić information content (AvgIpc) is 2.59. The van der Waals surface area contributed by atoms with Gasteiger partial charge in [0, 0.05) is 26.8 Å². The Morgan fingerprint density at radius 1 is 1.64 bits per heavy atom. The largest absolute Gasteiger partial charge is 0.481 e. The van der Waals surface area contributed by atoms with E-state index in [0.29, 0.717) is 17.1 Å². The average molecular weight is 302 g/mol. The molecule has 0 atom stereocenters. The van der Waals surface area contributed by atoms with Gasteiger partial charge in [0.15, 0.2) is 6.29 Å². The molecule has 0 spiro atoms. The normalized spacial score (nSPS) is 10.4. The molecule has 14 heavy (non-hydrogen) atoms. The monoisotopic (exact) mass is 302 g/mol. The van der Waals surface area contributed by atoms with E-state index in [1.807, 2.05) is 6.20 Å². The summed E-state index contributed by atoms with van der Waals surface area (Å²) in [7, 11) is 1.52. The van der Waals surface area contributed by atoms with Gasteiger partial charge in [-0.3, -0.25) is 4.79 Å². The summed E-state index contributed by atoms with van der Waals surface area (Å²) in [6, 6.07) is 1.63. The molecule has 1 N–H and O–H groups in total. The number of hydrogen-bond donors (Lipinski definition) is 1. The second-order valence-corrected chi connectivity index (χ2v) is 3.89. The van der Waals surface area contributed by atoms with E-state index < -0.39 is 0 Å². The lowest BCUT2D eigenvalue weighted by Crippen LogP contribution is -1.92. The highest BCUT2D eigenvalue weighted by molar-refractivity contribution is 14.1. The van der Waals surface area contributed by atoms with Crippen LogP contribution >= 0.6 is 22.6 Å². The second-order valence-electron chi connectivity index (χ2n) is 2.73. The molecule has 5 heteroatoms. The third-order valence-corrected chi connectivity index (χ3v) is 2.79. The number of hydrogen-bond acceptors (Lipinski definition) is 3. The summed E-state index contributed by atoms with van der Waals surface area (Å²) >= 11 is 2.16. The van der Waals surface area contributed by atoms with Crippen LogP contribution in [0.15, 0.2) is 12.3 Å². The van der Waals surface area contributed by atoms with Gasteiger partial charge in [-0.25, -0.2) is 0 Å². The molecule has 0 unspecified atom stereocenters. The highest BCUT2D eigenvalue weighted by Crippen LogP contribution is 2.24. The van der Waals surface area contributed by atoms with Crippen molar-refractivity contribution in [3.05, 3.63) is 21.4 Å². The van der Waals surface area contributed by atoms with E-state index in [4.69, 9.17) is 4.74 Å². The number of ether oxygens (including phenoxy) is 1. The molecular weight excluding hydrogens is 295 g/mol. The summed E-state index contributed by atoms with van der Waals surface area (Å²) in [6.45, 7) is 0. The maximum Gasteiger partial charge on any atom is 0.215 e. The van der Waals surface area contributed by atoms with Crippen LogP contribution in [-0.2, 0) is 0 Å². The van der Waals surface area contributed by atoms with Crippen LogP contribution in [0.25, 0.3) is 11.0 Å². The Kier molecular flexibility index (Phi) is 2.40. The fourth-order valence-electron chi connectivity index (χ4n) is 1.30. The van der Waals surface area contributed by atoms with Gasteiger partial charge in [-0.1, -0.05) is 0 Å². The number of nitrogens with one attached hydrogen (secondary N) is 1. The topological polar surface area (TPSA) is 55.0 Å². The van der Waals surface area contributed by atoms with E-state index in [0.717, 1.165) is 15.2 Å². The number of H-pyrrole nitrogens is 1. The molecule has 0 aliphatic rings. The van der Waals surface area contributed by atoms with Crippen LogP contribution in [0.5, 0.6) is 5.88 Å². The summed E-state index contributed by atoms with van der Waals surface area (Å²) in [5.74, 6) is 0.442. The van der Waals surface area contributed by atoms with Gasteiger partial charge in [0.25, 0.3) is 0 Å².